The van der Waals surface area contributed by atoms with Crippen LogP contribution in [0.4, 0.5) is 0 Å². The fraction of sp³-hybridized carbons (Fsp3) is 0.375. The summed E-state index contributed by atoms with van der Waals surface area (Å²) in [5, 5.41) is 8.71. The minimum absolute atomic E-state index is 0.0834. The van der Waals surface area contributed by atoms with Crippen molar-refractivity contribution in [2.45, 2.75) is 6.54 Å². The molecule has 1 N–H and O–H groups in total. The number of aliphatic hydroxyl groups excluding tert-OH is 1. The zero-order chi connectivity index (χ0) is 10.1. The molecule has 0 aliphatic rings. The Morgan fingerprint density at radius 3 is 2.93 bits per heavy atom. The van der Waals surface area contributed by atoms with E-state index in [1.54, 1.807) is 17.9 Å². The minimum Gasteiger partial charge on any atom is -0.395 e. The lowest BCUT2D eigenvalue weighted by Crippen LogP contribution is -2.22. The van der Waals surface area contributed by atoms with E-state index in [-0.39, 0.29) is 18.7 Å². The summed E-state index contributed by atoms with van der Waals surface area (Å²) in [6.07, 6.45) is 2.96. The largest absolute Gasteiger partial charge is 0.395 e. The lowest BCUT2D eigenvalue weighted by molar-refractivity contribution is 0.274. The van der Waals surface area contributed by atoms with Crippen LogP contribution in [-0.2, 0) is 13.6 Å². The Labute approximate surface area is 79.5 Å². The molecule has 6 heteroatoms. The van der Waals surface area contributed by atoms with E-state index in [0.717, 1.165) is 0 Å². The Balaban J connectivity index is 2.70. The molecule has 2 rings (SSSR count). The predicted octanol–water partition coefficient (Wildman–Crippen LogP) is -0.878. The topological polar surface area (TPSA) is 72.9 Å². The van der Waals surface area contributed by atoms with Gasteiger partial charge in [0.1, 0.15) is 6.33 Å². The highest BCUT2D eigenvalue weighted by Gasteiger charge is 2.07. The molecule has 2 aromatic rings. The fourth-order valence-electron chi connectivity index (χ4n) is 1.31. The summed E-state index contributed by atoms with van der Waals surface area (Å²) >= 11 is 0. The van der Waals surface area contributed by atoms with Crippen molar-refractivity contribution in [1.29, 1.82) is 0 Å². The first-order valence-electron chi connectivity index (χ1n) is 4.21. The third-order valence-corrected chi connectivity index (χ3v) is 2.03. The van der Waals surface area contributed by atoms with E-state index in [9.17, 15) is 4.79 Å². The van der Waals surface area contributed by atoms with Crippen LogP contribution in [0.3, 0.4) is 0 Å². The zero-order valence-electron chi connectivity index (χ0n) is 7.71. The van der Waals surface area contributed by atoms with Gasteiger partial charge in [-0.3, -0.25) is 9.36 Å². The Hall–Kier alpha value is -1.69. The van der Waals surface area contributed by atoms with Gasteiger partial charge in [0.05, 0.1) is 19.5 Å². The van der Waals surface area contributed by atoms with Crippen LogP contribution in [-0.4, -0.2) is 30.8 Å². The van der Waals surface area contributed by atoms with Crippen LogP contribution in [0.1, 0.15) is 0 Å². The van der Waals surface area contributed by atoms with Gasteiger partial charge in [-0.2, -0.15) is 0 Å². The third kappa shape index (κ3) is 1.20. The van der Waals surface area contributed by atoms with Crippen LogP contribution in [0.2, 0.25) is 0 Å². The molecular weight excluding hydrogens is 184 g/mol. The Morgan fingerprint density at radius 1 is 1.43 bits per heavy atom. The summed E-state index contributed by atoms with van der Waals surface area (Å²) in [4.78, 5) is 19.7. The van der Waals surface area contributed by atoms with Crippen LogP contribution in [0.5, 0.6) is 0 Å². The van der Waals surface area contributed by atoms with E-state index in [1.807, 2.05) is 0 Å². The van der Waals surface area contributed by atoms with Crippen LogP contribution >= 0.6 is 0 Å². The quantitative estimate of drug-likeness (QED) is 0.674. The molecule has 74 valence electrons. The lowest BCUT2D eigenvalue weighted by atomic mass is 10.5. The number of aryl methyl sites for hydroxylation is 1. The monoisotopic (exact) mass is 194 g/mol. The Morgan fingerprint density at radius 2 is 2.21 bits per heavy atom. The van der Waals surface area contributed by atoms with Crippen LogP contribution < -0.4 is 5.56 Å². The molecule has 2 aromatic heterocycles. The van der Waals surface area contributed by atoms with E-state index in [2.05, 4.69) is 9.97 Å². The van der Waals surface area contributed by atoms with Crippen molar-refractivity contribution in [1.82, 2.24) is 19.1 Å². The molecule has 0 aliphatic carbocycles. The molecule has 0 aliphatic heterocycles. The van der Waals surface area contributed by atoms with E-state index >= 15 is 0 Å². The first-order valence-corrected chi connectivity index (χ1v) is 4.21. The van der Waals surface area contributed by atoms with Gasteiger partial charge in [-0.25, -0.2) is 9.97 Å². The molecule has 6 nitrogen and oxygen atoms in total. The third-order valence-electron chi connectivity index (χ3n) is 2.03. The Kier molecular flexibility index (Phi) is 2.05. The molecule has 14 heavy (non-hydrogen) atoms. The van der Waals surface area contributed by atoms with Crippen LogP contribution in [0.15, 0.2) is 17.4 Å². The zero-order valence-corrected chi connectivity index (χ0v) is 7.71. The summed E-state index contributed by atoms with van der Waals surface area (Å²) in [5.41, 5.74) is 0.678. The molecule has 2 heterocycles. The van der Waals surface area contributed by atoms with Gasteiger partial charge in [-0.15, -0.1) is 0 Å². The highest BCUT2D eigenvalue weighted by Crippen LogP contribution is 2.01. The molecule has 0 spiro atoms. The molecule has 0 aromatic carbocycles. The van der Waals surface area contributed by atoms with E-state index < -0.39 is 0 Å². The fourth-order valence-corrected chi connectivity index (χ4v) is 1.31. The van der Waals surface area contributed by atoms with Crippen molar-refractivity contribution in [3.63, 3.8) is 0 Å². The van der Waals surface area contributed by atoms with Crippen molar-refractivity contribution < 1.29 is 5.11 Å². The number of rotatable bonds is 2. The predicted molar refractivity (Wildman–Crippen MR) is 49.9 cm³/mol. The number of hydrogen-bond acceptors (Lipinski definition) is 4. The number of aromatic nitrogens is 4. The minimum atomic E-state index is -0.218. The number of nitrogens with zero attached hydrogens (tertiary/aromatic N) is 4. The number of aliphatic hydroxyl groups is 1. The molecule has 0 unspecified atom stereocenters. The average molecular weight is 194 g/mol. The van der Waals surface area contributed by atoms with Crippen molar-refractivity contribution in [2.24, 2.45) is 7.05 Å². The highest BCUT2D eigenvalue weighted by atomic mass is 16.3. The van der Waals surface area contributed by atoms with Gasteiger partial charge in [-0.05, 0) is 0 Å². The SMILES string of the molecule is Cn1cnc2c(=O)n(CCO)cnc21. The molecule has 0 amide bonds. The van der Waals surface area contributed by atoms with Gasteiger partial charge in [0.25, 0.3) is 5.56 Å². The van der Waals surface area contributed by atoms with Crippen molar-refractivity contribution >= 4 is 11.2 Å². The van der Waals surface area contributed by atoms with Crippen LogP contribution in [0.25, 0.3) is 11.2 Å². The second-order valence-corrected chi connectivity index (χ2v) is 2.99. The molecular formula is C8H10N4O2. The lowest BCUT2D eigenvalue weighted by Gasteiger charge is -2.01. The van der Waals surface area contributed by atoms with Crippen molar-refractivity contribution in [3.8, 4) is 0 Å². The van der Waals surface area contributed by atoms with Gasteiger partial charge < -0.3 is 9.67 Å². The van der Waals surface area contributed by atoms with E-state index in [0.29, 0.717) is 11.2 Å². The number of hydrogen-bond donors (Lipinski definition) is 1. The number of fused-ring (bicyclic) bond motifs is 1. The number of imidazole rings is 1. The molecule has 0 saturated carbocycles. The maximum Gasteiger partial charge on any atom is 0.281 e. The summed E-state index contributed by atoms with van der Waals surface area (Å²) in [6, 6.07) is 0. The molecule has 0 fully saturated rings. The van der Waals surface area contributed by atoms with E-state index in [1.165, 1.54) is 10.9 Å². The first kappa shape index (κ1) is 8.89. The van der Waals surface area contributed by atoms with Gasteiger partial charge in [-0.1, -0.05) is 0 Å². The van der Waals surface area contributed by atoms with Gasteiger partial charge in [0.2, 0.25) is 0 Å². The maximum atomic E-state index is 11.7. The summed E-state index contributed by atoms with van der Waals surface area (Å²) in [7, 11) is 1.78. The highest BCUT2D eigenvalue weighted by molar-refractivity contribution is 5.68. The summed E-state index contributed by atoms with van der Waals surface area (Å²) in [6.45, 7) is 0.165. The second-order valence-electron chi connectivity index (χ2n) is 2.99. The summed E-state index contributed by atoms with van der Waals surface area (Å²) in [5.74, 6) is 0. The molecule has 0 bridgehead atoms. The van der Waals surface area contributed by atoms with Crippen molar-refractivity contribution in [3.05, 3.63) is 23.0 Å². The average Bonchev–Trinajstić information content (AvgIpc) is 2.54. The van der Waals surface area contributed by atoms with Gasteiger partial charge in [0.15, 0.2) is 11.2 Å². The van der Waals surface area contributed by atoms with Gasteiger partial charge >= 0.3 is 0 Å². The van der Waals surface area contributed by atoms with E-state index in [4.69, 9.17) is 5.11 Å². The summed E-state index contributed by atoms with van der Waals surface area (Å²) < 4.78 is 3.02. The van der Waals surface area contributed by atoms with Crippen LogP contribution in [0, 0.1) is 0 Å². The molecule has 0 atom stereocenters. The maximum absolute atomic E-state index is 11.7. The van der Waals surface area contributed by atoms with Gasteiger partial charge in [0, 0.05) is 7.05 Å². The smallest absolute Gasteiger partial charge is 0.281 e. The standard InChI is InChI=1S/C8H10N4O2/c1-11-4-9-6-7(11)10-5-12(2-3-13)8(6)14/h4-5,13H,2-3H2,1H3. The Bertz CT molecular complexity index is 514. The molecule has 0 radical (unpaired) electrons. The first-order chi connectivity index (χ1) is 6.74. The second kappa shape index (κ2) is 3.22. The molecule has 0 saturated heterocycles. The normalized spacial score (nSPS) is 11.0. The van der Waals surface area contributed by atoms with Crippen molar-refractivity contribution in [2.75, 3.05) is 6.61 Å².